The molecule has 0 bridgehead atoms. The molecule has 0 atom stereocenters. The van der Waals surface area contributed by atoms with Gasteiger partial charge < -0.3 is 25.2 Å². The number of carbonyl (C=O) groups is 3. The first-order valence-corrected chi connectivity index (χ1v) is 12.2. The topological polar surface area (TPSA) is 117 Å². The van der Waals surface area contributed by atoms with Crippen LogP contribution >= 0.6 is 11.6 Å². The monoisotopic (exact) mass is 522 g/mol. The summed E-state index contributed by atoms with van der Waals surface area (Å²) in [5.41, 5.74) is 2.97. The number of esters is 1. The average molecular weight is 523 g/mol. The quantitative estimate of drug-likeness (QED) is 0.455. The van der Waals surface area contributed by atoms with Crippen LogP contribution in [0.4, 0.5) is 16.4 Å². The van der Waals surface area contributed by atoms with Gasteiger partial charge in [-0.25, -0.2) is 14.8 Å². The Morgan fingerprint density at radius 1 is 0.946 bits per heavy atom. The maximum absolute atomic E-state index is 12.9. The second kappa shape index (κ2) is 12.2. The zero-order valence-corrected chi connectivity index (χ0v) is 21.1. The van der Waals surface area contributed by atoms with Crippen molar-refractivity contribution in [2.75, 3.05) is 44.6 Å². The van der Waals surface area contributed by atoms with Crippen molar-refractivity contribution in [1.82, 2.24) is 25.1 Å². The molecule has 0 unspecified atom stereocenters. The van der Waals surface area contributed by atoms with E-state index in [0.29, 0.717) is 42.7 Å². The Bertz CT molecular complexity index is 1240. The highest BCUT2D eigenvalue weighted by Crippen LogP contribution is 2.22. The van der Waals surface area contributed by atoms with Gasteiger partial charge in [-0.2, -0.15) is 0 Å². The van der Waals surface area contributed by atoms with Gasteiger partial charge in [0.1, 0.15) is 6.54 Å². The van der Waals surface area contributed by atoms with Gasteiger partial charge in [0, 0.05) is 54.2 Å². The SMILES string of the molecule is CCOC(=O)CNC(=O)N1CCN(C(=O)c2ccc(Nc3nccc(-c4ccc(Cl)cc4)n3)cc2)CC1. The van der Waals surface area contributed by atoms with Crippen molar-refractivity contribution < 1.29 is 19.1 Å². The smallest absolute Gasteiger partial charge is 0.325 e. The van der Waals surface area contributed by atoms with E-state index in [4.69, 9.17) is 16.3 Å². The van der Waals surface area contributed by atoms with Gasteiger partial charge in [0.05, 0.1) is 12.3 Å². The number of carbonyl (C=O) groups excluding carboxylic acids is 3. The van der Waals surface area contributed by atoms with E-state index in [-0.39, 0.29) is 25.1 Å². The van der Waals surface area contributed by atoms with Gasteiger partial charge in [0.15, 0.2) is 0 Å². The summed E-state index contributed by atoms with van der Waals surface area (Å²) < 4.78 is 4.81. The minimum absolute atomic E-state index is 0.112. The Kier molecular flexibility index (Phi) is 8.52. The summed E-state index contributed by atoms with van der Waals surface area (Å²) in [5.74, 6) is -0.161. The lowest BCUT2D eigenvalue weighted by Gasteiger charge is -2.34. The molecule has 10 nitrogen and oxygen atoms in total. The van der Waals surface area contributed by atoms with Crippen LogP contribution in [0.5, 0.6) is 0 Å². The van der Waals surface area contributed by atoms with E-state index in [0.717, 1.165) is 16.9 Å². The molecular weight excluding hydrogens is 496 g/mol. The molecule has 0 aliphatic carbocycles. The lowest BCUT2D eigenvalue weighted by atomic mass is 10.1. The highest BCUT2D eigenvalue weighted by Gasteiger charge is 2.25. The Hall–Kier alpha value is -4.18. The third-order valence-electron chi connectivity index (χ3n) is 5.73. The molecule has 1 aliphatic rings. The van der Waals surface area contributed by atoms with Gasteiger partial charge in [-0.3, -0.25) is 9.59 Å². The van der Waals surface area contributed by atoms with Crippen LogP contribution in [0.3, 0.4) is 0 Å². The number of halogens is 1. The third-order valence-corrected chi connectivity index (χ3v) is 5.98. The molecule has 3 amide bonds. The van der Waals surface area contributed by atoms with Gasteiger partial charge >= 0.3 is 12.0 Å². The zero-order chi connectivity index (χ0) is 26.2. The zero-order valence-electron chi connectivity index (χ0n) is 20.3. The molecule has 2 aromatic carbocycles. The fraction of sp³-hybridized carbons (Fsp3) is 0.269. The van der Waals surface area contributed by atoms with Crippen LogP contribution in [0.1, 0.15) is 17.3 Å². The summed E-state index contributed by atoms with van der Waals surface area (Å²) in [5, 5.41) is 6.36. The highest BCUT2D eigenvalue weighted by atomic mass is 35.5. The number of rotatable bonds is 7. The molecule has 192 valence electrons. The van der Waals surface area contributed by atoms with Crippen LogP contribution in [-0.4, -0.2) is 77.0 Å². The third kappa shape index (κ3) is 6.95. The number of nitrogens with zero attached hydrogens (tertiary/aromatic N) is 4. The fourth-order valence-corrected chi connectivity index (χ4v) is 3.92. The molecule has 4 rings (SSSR count). The number of amides is 3. The first-order valence-electron chi connectivity index (χ1n) is 11.9. The van der Waals surface area contributed by atoms with Gasteiger partial charge in [-0.15, -0.1) is 0 Å². The molecule has 2 heterocycles. The van der Waals surface area contributed by atoms with Crippen molar-refractivity contribution in [3.63, 3.8) is 0 Å². The summed E-state index contributed by atoms with van der Waals surface area (Å²) in [7, 11) is 0. The lowest BCUT2D eigenvalue weighted by Crippen LogP contribution is -2.53. The molecular formula is C26H27ClN6O4. The summed E-state index contributed by atoms with van der Waals surface area (Å²) in [6.45, 7) is 3.34. The van der Waals surface area contributed by atoms with Crippen molar-refractivity contribution in [1.29, 1.82) is 0 Å². The number of aromatic nitrogens is 2. The number of anilines is 2. The van der Waals surface area contributed by atoms with E-state index < -0.39 is 5.97 Å². The van der Waals surface area contributed by atoms with Crippen LogP contribution < -0.4 is 10.6 Å². The van der Waals surface area contributed by atoms with E-state index in [9.17, 15) is 14.4 Å². The molecule has 0 radical (unpaired) electrons. The number of nitrogens with one attached hydrogen (secondary N) is 2. The van der Waals surface area contributed by atoms with E-state index in [2.05, 4.69) is 20.6 Å². The highest BCUT2D eigenvalue weighted by molar-refractivity contribution is 6.30. The first kappa shape index (κ1) is 25.9. The average Bonchev–Trinajstić information content (AvgIpc) is 2.92. The van der Waals surface area contributed by atoms with E-state index >= 15 is 0 Å². The van der Waals surface area contributed by atoms with Crippen LogP contribution in [0.25, 0.3) is 11.3 Å². The van der Waals surface area contributed by atoms with Crippen molar-refractivity contribution in [3.05, 3.63) is 71.4 Å². The number of benzene rings is 2. The van der Waals surface area contributed by atoms with Crippen LogP contribution in [-0.2, 0) is 9.53 Å². The van der Waals surface area contributed by atoms with Crippen molar-refractivity contribution >= 4 is 41.1 Å². The Morgan fingerprint density at radius 3 is 2.30 bits per heavy atom. The Labute approximate surface area is 219 Å². The molecule has 0 saturated carbocycles. The minimum atomic E-state index is -0.483. The van der Waals surface area contributed by atoms with E-state index in [1.807, 2.05) is 30.3 Å². The summed E-state index contributed by atoms with van der Waals surface area (Å²) in [6, 6.07) is 16.0. The molecule has 1 aromatic heterocycles. The fourth-order valence-electron chi connectivity index (χ4n) is 3.79. The maximum Gasteiger partial charge on any atom is 0.325 e. The minimum Gasteiger partial charge on any atom is -0.465 e. The molecule has 1 saturated heterocycles. The molecule has 2 N–H and O–H groups in total. The largest absolute Gasteiger partial charge is 0.465 e. The van der Waals surface area contributed by atoms with Crippen molar-refractivity contribution in [3.8, 4) is 11.3 Å². The van der Waals surface area contributed by atoms with Gasteiger partial charge in [0.25, 0.3) is 5.91 Å². The number of hydrogen-bond donors (Lipinski definition) is 2. The molecule has 3 aromatic rings. The summed E-state index contributed by atoms with van der Waals surface area (Å²) in [6.07, 6.45) is 1.67. The van der Waals surface area contributed by atoms with Crippen molar-refractivity contribution in [2.24, 2.45) is 0 Å². The number of ether oxygens (including phenoxy) is 1. The number of piperazine rings is 1. The van der Waals surface area contributed by atoms with Crippen LogP contribution in [0.2, 0.25) is 5.02 Å². The molecule has 37 heavy (non-hydrogen) atoms. The number of urea groups is 1. The molecule has 1 fully saturated rings. The molecule has 1 aliphatic heterocycles. The number of hydrogen-bond acceptors (Lipinski definition) is 7. The molecule has 0 spiro atoms. The van der Waals surface area contributed by atoms with E-state index in [1.165, 1.54) is 0 Å². The van der Waals surface area contributed by atoms with Gasteiger partial charge in [-0.1, -0.05) is 23.7 Å². The normalized spacial score (nSPS) is 13.1. The predicted molar refractivity (Wildman–Crippen MR) is 140 cm³/mol. The maximum atomic E-state index is 12.9. The van der Waals surface area contributed by atoms with E-state index in [1.54, 1.807) is 47.2 Å². The van der Waals surface area contributed by atoms with Crippen molar-refractivity contribution in [2.45, 2.75) is 6.92 Å². The standard InChI is InChI=1S/C26H27ClN6O4/c1-2-37-23(34)17-29-26(36)33-15-13-32(14-16-33)24(35)19-5-9-21(10-6-19)30-25-28-12-11-22(31-25)18-3-7-20(27)8-4-18/h3-12H,2,13-17H2,1H3,(H,29,36)(H,28,30,31). The first-order chi connectivity index (χ1) is 17.9. The second-order valence-electron chi connectivity index (χ2n) is 8.22. The van der Waals surface area contributed by atoms with Crippen LogP contribution in [0.15, 0.2) is 60.8 Å². The van der Waals surface area contributed by atoms with Gasteiger partial charge in [-0.05, 0) is 49.4 Å². The predicted octanol–water partition coefficient (Wildman–Crippen LogP) is 3.57. The Morgan fingerprint density at radius 2 is 1.62 bits per heavy atom. The molecule has 11 heteroatoms. The second-order valence-corrected chi connectivity index (χ2v) is 8.65. The van der Waals surface area contributed by atoms with Gasteiger partial charge in [0.2, 0.25) is 5.95 Å². The summed E-state index contributed by atoms with van der Waals surface area (Å²) >= 11 is 5.97. The lowest BCUT2D eigenvalue weighted by molar-refractivity contribution is -0.141. The summed E-state index contributed by atoms with van der Waals surface area (Å²) in [4.78, 5) is 48.7. The van der Waals surface area contributed by atoms with Crippen LogP contribution in [0, 0.1) is 0 Å². The Balaban J connectivity index is 1.30.